The molecule has 0 bridgehead atoms. The minimum atomic E-state index is -1.21. The number of hydrogen-bond acceptors (Lipinski definition) is 5. The molecule has 9 heteroatoms. The van der Waals surface area contributed by atoms with Gasteiger partial charge in [-0.05, 0) is 41.5 Å². The number of urea groups is 1. The van der Waals surface area contributed by atoms with Gasteiger partial charge in [0.15, 0.2) is 0 Å². The van der Waals surface area contributed by atoms with Crippen LogP contribution in [0.1, 0.15) is 17.4 Å². The Labute approximate surface area is 206 Å². The van der Waals surface area contributed by atoms with Gasteiger partial charge in [-0.1, -0.05) is 48.0 Å². The monoisotopic (exact) mass is 496 g/mol. The molecule has 2 aliphatic rings. The van der Waals surface area contributed by atoms with Gasteiger partial charge in [-0.3, -0.25) is 19.4 Å². The first-order valence-electron chi connectivity index (χ1n) is 11.2. The number of carbonyl (C=O) groups excluding carboxylic acids is 3. The highest BCUT2D eigenvalue weighted by molar-refractivity contribution is 7.16. The molecule has 3 heterocycles. The number of thiophene rings is 1. The maximum Gasteiger partial charge on any atom is 0.325 e. The molecule has 1 aromatic heterocycles. The molecular formula is C25H25ClN4O3S. The van der Waals surface area contributed by atoms with Gasteiger partial charge in [0.05, 0.1) is 4.34 Å². The Hall–Kier alpha value is -2.94. The lowest BCUT2D eigenvalue weighted by atomic mass is 9.90. The Morgan fingerprint density at radius 2 is 1.76 bits per heavy atom. The van der Waals surface area contributed by atoms with Crippen molar-refractivity contribution in [2.45, 2.75) is 19.0 Å². The van der Waals surface area contributed by atoms with Gasteiger partial charge in [-0.15, -0.1) is 11.3 Å². The molecule has 0 spiro atoms. The number of halogens is 1. The maximum absolute atomic E-state index is 13.3. The molecule has 0 unspecified atom stereocenters. The fraction of sp³-hybridized carbons (Fsp3) is 0.320. The van der Waals surface area contributed by atoms with Gasteiger partial charge in [-0.25, -0.2) is 4.79 Å². The van der Waals surface area contributed by atoms with E-state index in [2.05, 4.69) is 10.2 Å². The second-order valence-corrected chi connectivity index (χ2v) is 10.7. The van der Waals surface area contributed by atoms with Crippen LogP contribution >= 0.6 is 22.9 Å². The van der Waals surface area contributed by atoms with Crippen LogP contribution in [-0.4, -0.2) is 65.3 Å². The van der Waals surface area contributed by atoms with E-state index in [9.17, 15) is 14.4 Å². The van der Waals surface area contributed by atoms with Gasteiger partial charge < -0.3 is 10.2 Å². The predicted octanol–water partition coefficient (Wildman–Crippen LogP) is 3.67. The van der Waals surface area contributed by atoms with E-state index in [1.807, 2.05) is 54.6 Å². The lowest BCUT2D eigenvalue weighted by Gasteiger charge is -2.35. The molecule has 2 aromatic carbocycles. The summed E-state index contributed by atoms with van der Waals surface area (Å²) in [4.78, 5) is 45.2. The van der Waals surface area contributed by atoms with Crippen LogP contribution in [0.2, 0.25) is 4.34 Å². The smallest absolute Gasteiger partial charge is 0.325 e. The zero-order chi connectivity index (χ0) is 23.9. The van der Waals surface area contributed by atoms with Gasteiger partial charge in [0.1, 0.15) is 12.1 Å². The van der Waals surface area contributed by atoms with E-state index >= 15 is 0 Å². The number of imide groups is 1. The Bertz CT molecular complexity index is 1270. The van der Waals surface area contributed by atoms with E-state index in [0.29, 0.717) is 18.7 Å². The van der Waals surface area contributed by atoms with Crippen molar-refractivity contribution in [2.75, 3.05) is 32.7 Å². The van der Waals surface area contributed by atoms with Crippen molar-refractivity contribution in [3.05, 3.63) is 69.4 Å². The molecule has 1 N–H and O–H groups in total. The number of nitrogens with one attached hydrogen (secondary N) is 1. The highest BCUT2D eigenvalue weighted by atomic mass is 35.5. The molecule has 5 rings (SSSR count). The molecule has 2 saturated heterocycles. The summed E-state index contributed by atoms with van der Waals surface area (Å²) in [6.45, 7) is 4.82. The highest BCUT2D eigenvalue weighted by Crippen LogP contribution is 2.31. The molecule has 2 aliphatic heterocycles. The molecule has 0 radical (unpaired) electrons. The van der Waals surface area contributed by atoms with E-state index in [-0.39, 0.29) is 12.5 Å². The summed E-state index contributed by atoms with van der Waals surface area (Å²) < 4.78 is 0.771. The highest BCUT2D eigenvalue weighted by Gasteiger charge is 2.49. The summed E-state index contributed by atoms with van der Waals surface area (Å²) in [5.74, 6) is -0.626. The van der Waals surface area contributed by atoms with Crippen molar-refractivity contribution in [3.63, 3.8) is 0 Å². The summed E-state index contributed by atoms with van der Waals surface area (Å²) in [5, 5.41) is 4.85. The molecule has 34 heavy (non-hydrogen) atoms. The first-order valence-corrected chi connectivity index (χ1v) is 12.4. The third-order valence-electron chi connectivity index (χ3n) is 6.63. The van der Waals surface area contributed by atoms with Gasteiger partial charge >= 0.3 is 6.03 Å². The Morgan fingerprint density at radius 3 is 2.47 bits per heavy atom. The van der Waals surface area contributed by atoms with Crippen LogP contribution in [0, 0.1) is 0 Å². The fourth-order valence-electron chi connectivity index (χ4n) is 4.58. The van der Waals surface area contributed by atoms with E-state index in [0.717, 1.165) is 39.6 Å². The third kappa shape index (κ3) is 4.29. The van der Waals surface area contributed by atoms with Crippen LogP contribution in [0.4, 0.5) is 4.79 Å². The summed E-state index contributed by atoms with van der Waals surface area (Å²) in [6.07, 6.45) is 0. The Kier molecular flexibility index (Phi) is 6.06. The second-order valence-electron chi connectivity index (χ2n) is 8.87. The quantitative estimate of drug-likeness (QED) is 0.547. The van der Waals surface area contributed by atoms with Crippen molar-refractivity contribution in [2.24, 2.45) is 0 Å². The first-order chi connectivity index (χ1) is 16.3. The predicted molar refractivity (Wildman–Crippen MR) is 133 cm³/mol. The topological polar surface area (TPSA) is 73.0 Å². The summed E-state index contributed by atoms with van der Waals surface area (Å²) >= 11 is 7.58. The van der Waals surface area contributed by atoms with E-state index in [1.54, 1.807) is 23.2 Å². The first kappa shape index (κ1) is 22.8. The standard InChI is InChI=1S/C25H25ClN4O3S/c1-25(19-7-6-17-4-2-3-5-18(17)14-19)23(32)30(24(33)27-25)16-22(31)29-12-10-28(11-13-29)15-20-8-9-21(26)34-20/h2-9,14H,10-13,15-16H2,1H3,(H,27,33)/t25-/m1/s1. The second kappa shape index (κ2) is 9.02. The normalized spacial score (nSPS) is 21.4. The third-order valence-corrected chi connectivity index (χ3v) is 7.84. The van der Waals surface area contributed by atoms with Crippen LogP contribution < -0.4 is 5.32 Å². The fourth-order valence-corrected chi connectivity index (χ4v) is 5.71. The van der Waals surface area contributed by atoms with Crippen molar-refractivity contribution in [3.8, 4) is 0 Å². The average Bonchev–Trinajstić information content (AvgIpc) is 3.34. The zero-order valence-electron chi connectivity index (χ0n) is 18.8. The van der Waals surface area contributed by atoms with Crippen LogP contribution in [0.5, 0.6) is 0 Å². The number of nitrogens with zero attached hydrogens (tertiary/aromatic N) is 3. The van der Waals surface area contributed by atoms with E-state index < -0.39 is 17.5 Å². The number of amides is 4. The molecule has 0 aliphatic carbocycles. The summed E-state index contributed by atoms with van der Waals surface area (Å²) in [6, 6.07) is 16.9. The SMILES string of the molecule is C[C@]1(c2ccc3ccccc3c2)NC(=O)N(CC(=O)N2CCN(Cc3ccc(Cl)s3)CC2)C1=O. The Balaban J connectivity index is 1.22. The molecule has 176 valence electrons. The molecule has 1 atom stereocenters. The molecule has 0 saturated carbocycles. The van der Waals surface area contributed by atoms with Crippen LogP contribution in [0.15, 0.2) is 54.6 Å². The van der Waals surface area contributed by atoms with Crippen LogP contribution in [0.3, 0.4) is 0 Å². The lowest BCUT2D eigenvalue weighted by molar-refractivity contribution is -0.139. The van der Waals surface area contributed by atoms with Gasteiger partial charge in [-0.2, -0.15) is 0 Å². The summed E-state index contributed by atoms with van der Waals surface area (Å²) in [5.41, 5.74) is -0.510. The molecule has 2 fully saturated rings. The molecule has 7 nitrogen and oxygen atoms in total. The molecule has 3 aromatic rings. The number of hydrogen-bond donors (Lipinski definition) is 1. The number of rotatable bonds is 5. The van der Waals surface area contributed by atoms with Crippen molar-refractivity contribution in [1.29, 1.82) is 0 Å². The minimum Gasteiger partial charge on any atom is -0.339 e. The molecular weight excluding hydrogens is 472 g/mol. The number of benzene rings is 2. The van der Waals surface area contributed by atoms with Gasteiger partial charge in [0, 0.05) is 37.6 Å². The van der Waals surface area contributed by atoms with Crippen molar-refractivity contribution >= 4 is 51.6 Å². The van der Waals surface area contributed by atoms with Crippen LogP contribution in [-0.2, 0) is 21.7 Å². The number of carbonyl (C=O) groups is 3. The van der Waals surface area contributed by atoms with Gasteiger partial charge in [0.25, 0.3) is 5.91 Å². The van der Waals surface area contributed by atoms with Gasteiger partial charge in [0.2, 0.25) is 5.91 Å². The lowest BCUT2D eigenvalue weighted by Crippen LogP contribution is -2.51. The van der Waals surface area contributed by atoms with E-state index in [1.165, 1.54) is 4.88 Å². The number of piperazine rings is 1. The number of fused-ring (bicyclic) bond motifs is 1. The van der Waals surface area contributed by atoms with Crippen LogP contribution in [0.25, 0.3) is 10.8 Å². The van der Waals surface area contributed by atoms with Crippen molar-refractivity contribution < 1.29 is 14.4 Å². The van der Waals surface area contributed by atoms with Crippen molar-refractivity contribution in [1.82, 2.24) is 20.0 Å². The maximum atomic E-state index is 13.3. The zero-order valence-corrected chi connectivity index (χ0v) is 20.4. The van der Waals surface area contributed by atoms with E-state index in [4.69, 9.17) is 11.6 Å². The average molecular weight is 497 g/mol. The largest absolute Gasteiger partial charge is 0.339 e. The Morgan fingerprint density at radius 1 is 1.03 bits per heavy atom. The summed E-state index contributed by atoms with van der Waals surface area (Å²) in [7, 11) is 0. The minimum absolute atomic E-state index is 0.218. The molecule has 4 amide bonds.